The molecule has 1 heterocycles. The minimum atomic E-state index is -3.73. The fraction of sp³-hybridized carbons (Fsp3) is 0.364. The van der Waals surface area contributed by atoms with Gasteiger partial charge in [-0.15, -0.1) is 0 Å². The van der Waals surface area contributed by atoms with Crippen molar-refractivity contribution in [1.82, 2.24) is 5.32 Å². The summed E-state index contributed by atoms with van der Waals surface area (Å²) in [5.41, 5.74) is 1.89. The lowest BCUT2D eigenvalue weighted by Crippen LogP contribution is -2.40. The summed E-state index contributed by atoms with van der Waals surface area (Å²) >= 11 is 0. The van der Waals surface area contributed by atoms with E-state index in [9.17, 15) is 18.0 Å². The van der Waals surface area contributed by atoms with Gasteiger partial charge in [-0.3, -0.25) is 13.9 Å². The van der Waals surface area contributed by atoms with E-state index in [4.69, 9.17) is 9.47 Å². The van der Waals surface area contributed by atoms with Crippen LogP contribution in [0, 0.1) is 0 Å². The number of anilines is 2. The van der Waals surface area contributed by atoms with Crippen LogP contribution in [-0.2, 0) is 26.2 Å². The Morgan fingerprint density at radius 2 is 1.88 bits per heavy atom. The van der Waals surface area contributed by atoms with Gasteiger partial charge in [-0.1, -0.05) is 12.1 Å². The average Bonchev–Trinajstić information content (AvgIpc) is 3.21. The number of carbonyl (C=O) groups is 2. The number of hydrogen-bond donors (Lipinski definition) is 1. The first-order chi connectivity index (χ1) is 15.2. The molecule has 10 heteroatoms. The Bertz CT molecular complexity index is 1100. The van der Waals surface area contributed by atoms with Crippen LogP contribution in [0.25, 0.3) is 0 Å². The van der Waals surface area contributed by atoms with Crippen LogP contribution >= 0.6 is 0 Å². The number of benzene rings is 2. The van der Waals surface area contributed by atoms with E-state index >= 15 is 0 Å². The van der Waals surface area contributed by atoms with Crippen LogP contribution in [0.15, 0.2) is 42.5 Å². The van der Waals surface area contributed by atoms with Crippen molar-refractivity contribution in [3.8, 4) is 11.5 Å². The molecule has 2 aromatic carbocycles. The molecule has 0 saturated carbocycles. The maximum Gasteiger partial charge on any atom is 0.241 e. The van der Waals surface area contributed by atoms with Gasteiger partial charge in [0, 0.05) is 31.3 Å². The third-order valence-corrected chi connectivity index (χ3v) is 6.27. The van der Waals surface area contributed by atoms with Crippen LogP contribution in [0.2, 0.25) is 0 Å². The maximum atomic E-state index is 12.6. The number of rotatable bonds is 9. The third kappa shape index (κ3) is 5.50. The highest BCUT2D eigenvalue weighted by molar-refractivity contribution is 7.92. The third-order valence-electron chi connectivity index (χ3n) is 5.13. The molecular weight excluding hydrogens is 434 g/mol. The Morgan fingerprint density at radius 3 is 2.50 bits per heavy atom. The normalized spacial score (nSPS) is 13.7. The predicted octanol–water partition coefficient (Wildman–Crippen LogP) is 1.91. The van der Waals surface area contributed by atoms with E-state index in [1.54, 1.807) is 17.0 Å². The van der Waals surface area contributed by atoms with Crippen molar-refractivity contribution in [1.29, 1.82) is 0 Å². The molecule has 1 fully saturated rings. The number of methoxy groups -OCH3 is 2. The molecule has 0 radical (unpaired) electrons. The summed E-state index contributed by atoms with van der Waals surface area (Å²) in [5.74, 6) is 0.426. The molecule has 2 aromatic rings. The molecule has 1 saturated heterocycles. The van der Waals surface area contributed by atoms with Crippen LogP contribution < -0.4 is 24.0 Å². The molecule has 0 aliphatic carbocycles. The highest BCUT2D eigenvalue weighted by Gasteiger charge is 2.23. The molecule has 1 aliphatic rings. The smallest absolute Gasteiger partial charge is 0.241 e. The van der Waals surface area contributed by atoms with Gasteiger partial charge in [0.1, 0.15) is 6.54 Å². The second-order valence-electron chi connectivity index (χ2n) is 7.40. The van der Waals surface area contributed by atoms with E-state index < -0.39 is 22.5 Å². The van der Waals surface area contributed by atoms with Crippen molar-refractivity contribution in [2.75, 3.05) is 42.8 Å². The molecule has 3 rings (SSSR count). The van der Waals surface area contributed by atoms with Gasteiger partial charge in [0.05, 0.1) is 26.2 Å². The van der Waals surface area contributed by atoms with E-state index in [2.05, 4.69) is 5.32 Å². The van der Waals surface area contributed by atoms with E-state index in [-0.39, 0.29) is 18.1 Å². The molecule has 1 N–H and O–H groups in total. The summed E-state index contributed by atoms with van der Waals surface area (Å²) in [6.07, 6.45) is 2.41. The van der Waals surface area contributed by atoms with Crippen molar-refractivity contribution in [2.45, 2.75) is 19.4 Å². The zero-order valence-electron chi connectivity index (χ0n) is 18.3. The summed E-state index contributed by atoms with van der Waals surface area (Å²) < 4.78 is 36.1. The molecule has 0 unspecified atom stereocenters. The zero-order chi connectivity index (χ0) is 23.3. The molecule has 32 heavy (non-hydrogen) atoms. The van der Waals surface area contributed by atoms with E-state index in [0.29, 0.717) is 24.5 Å². The van der Waals surface area contributed by atoms with Crippen molar-refractivity contribution in [3.63, 3.8) is 0 Å². The van der Waals surface area contributed by atoms with Gasteiger partial charge in [-0.2, -0.15) is 0 Å². The Labute approximate surface area is 188 Å². The Balaban J connectivity index is 1.70. The number of nitrogens with zero attached hydrogens (tertiary/aromatic N) is 2. The minimum Gasteiger partial charge on any atom is -0.493 e. The first-order valence-electron chi connectivity index (χ1n) is 10.1. The van der Waals surface area contributed by atoms with Crippen LogP contribution in [0.5, 0.6) is 11.5 Å². The average molecular weight is 462 g/mol. The Hall–Kier alpha value is -3.27. The van der Waals surface area contributed by atoms with Gasteiger partial charge < -0.3 is 19.7 Å². The van der Waals surface area contributed by atoms with Crippen molar-refractivity contribution < 1.29 is 27.5 Å². The lowest BCUT2D eigenvalue weighted by molar-refractivity contribution is -0.120. The number of sulfonamides is 1. The molecule has 2 amide bonds. The molecule has 0 aromatic heterocycles. The topological polar surface area (TPSA) is 105 Å². The number of amides is 2. The van der Waals surface area contributed by atoms with E-state index in [1.807, 2.05) is 24.3 Å². The van der Waals surface area contributed by atoms with Gasteiger partial charge in [-0.25, -0.2) is 8.42 Å². The molecule has 0 atom stereocenters. The van der Waals surface area contributed by atoms with Gasteiger partial charge in [0.25, 0.3) is 0 Å². The summed E-state index contributed by atoms with van der Waals surface area (Å²) in [5, 5.41) is 2.75. The first kappa shape index (κ1) is 23.4. The number of ether oxygens (including phenoxy) is 2. The molecule has 0 bridgehead atoms. The fourth-order valence-corrected chi connectivity index (χ4v) is 4.37. The first-order valence-corrected chi connectivity index (χ1v) is 11.9. The quantitative estimate of drug-likeness (QED) is 0.612. The van der Waals surface area contributed by atoms with Crippen LogP contribution in [0.3, 0.4) is 0 Å². The summed E-state index contributed by atoms with van der Waals surface area (Å²) in [7, 11) is -0.805. The largest absolute Gasteiger partial charge is 0.493 e. The number of nitrogens with one attached hydrogen (secondary N) is 1. The minimum absolute atomic E-state index is 0.0879. The molecule has 1 aliphatic heterocycles. The van der Waals surface area contributed by atoms with Gasteiger partial charge in [0.2, 0.25) is 21.8 Å². The monoisotopic (exact) mass is 461 g/mol. The van der Waals surface area contributed by atoms with Crippen LogP contribution in [0.1, 0.15) is 18.4 Å². The van der Waals surface area contributed by atoms with Gasteiger partial charge in [0.15, 0.2) is 11.5 Å². The molecule has 172 valence electrons. The lowest BCUT2D eigenvalue weighted by atomic mass is 10.2. The standard InChI is InChI=1S/C22H27N3O6S/c1-30-19-10-9-18(13-20(19)31-2)25(32(3,28)29)15-21(26)23-14-16-6-4-7-17(12-16)24-11-5-8-22(24)27/h4,6-7,9-10,12-13H,5,8,11,14-15H2,1-3H3,(H,23,26). The lowest BCUT2D eigenvalue weighted by Gasteiger charge is -2.23. The molecule has 9 nitrogen and oxygen atoms in total. The predicted molar refractivity (Wildman–Crippen MR) is 122 cm³/mol. The van der Waals surface area contributed by atoms with Crippen molar-refractivity contribution in [3.05, 3.63) is 48.0 Å². The summed E-state index contributed by atoms with van der Waals surface area (Å²) in [6, 6.07) is 12.0. The van der Waals surface area contributed by atoms with Crippen LogP contribution in [-0.4, -0.2) is 53.8 Å². The maximum absolute atomic E-state index is 12.6. The Morgan fingerprint density at radius 1 is 1.12 bits per heavy atom. The second-order valence-corrected chi connectivity index (χ2v) is 9.31. The number of hydrogen-bond acceptors (Lipinski definition) is 6. The van der Waals surface area contributed by atoms with Gasteiger partial charge in [-0.05, 0) is 36.2 Å². The zero-order valence-corrected chi connectivity index (χ0v) is 19.1. The molecule has 0 spiro atoms. The fourth-order valence-electron chi connectivity index (χ4n) is 3.52. The Kier molecular flexibility index (Phi) is 7.24. The summed E-state index contributed by atoms with van der Waals surface area (Å²) in [6.45, 7) is 0.500. The highest BCUT2D eigenvalue weighted by atomic mass is 32.2. The van der Waals surface area contributed by atoms with E-state index in [0.717, 1.165) is 28.2 Å². The highest BCUT2D eigenvalue weighted by Crippen LogP contribution is 2.32. The van der Waals surface area contributed by atoms with Crippen molar-refractivity contribution >= 4 is 33.2 Å². The van der Waals surface area contributed by atoms with E-state index in [1.165, 1.54) is 20.3 Å². The van der Waals surface area contributed by atoms with Crippen LogP contribution in [0.4, 0.5) is 11.4 Å². The summed E-state index contributed by atoms with van der Waals surface area (Å²) in [4.78, 5) is 26.3. The van der Waals surface area contributed by atoms with Crippen molar-refractivity contribution in [2.24, 2.45) is 0 Å². The molecular formula is C22H27N3O6S. The van der Waals surface area contributed by atoms with Gasteiger partial charge >= 0.3 is 0 Å². The second kappa shape index (κ2) is 9.90. The SMILES string of the molecule is COc1ccc(N(CC(=O)NCc2cccc(N3CCCC3=O)c2)S(C)(=O)=O)cc1OC. The number of carbonyl (C=O) groups excluding carboxylic acids is 2.